The second kappa shape index (κ2) is 9.19. The third-order valence-electron chi connectivity index (χ3n) is 4.20. The molecule has 31 heavy (non-hydrogen) atoms. The maximum Gasteiger partial charge on any atom is 0.301 e. The first-order valence-corrected chi connectivity index (χ1v) is 9.55. The molecule has 4 aromatic rings. The summed E-state index contributed by atoms with van der Waals surface area (Å²) in [7, 11) is 0. The smallest absolute Gasteiger partial charge is 0.301 e. The van der Waals surface area contributed by atoms with Gasteiger partial charge in [0.15, 0.2) is 0 Å². The number of amides is 1. The largest absolute Gasteiger partial charge is 0.340 e. The second-order valence-corrected chi connectivity index (χ2v) is 6.78. The minimum absolute atomic E-state index is 0.00964. The molecule has 0 saturated carbocycles. The van der Waals surface area contributed by atoms with Crippen LogP contribution in [-0.2, 0) is 11.3 Å². The van der Waals surface area contributed by atoms with Crippen molar-refractivity contribution in [1.82, 2.24) is 24.5 Å². The van der Waals surface area contributed by atoms with E-state index in [1.165, 1.54) is 24.7 Å². The maximum atomic E-state index is 13.4. The molecule has 1 amide bonds. The Kier molecular flexibility index (Phi) is 6.01. The number of rotatable bonds is 5. The molecule has 3 aromatic heterocycles. The molecule has 0 unspecified atom stereocenters. The van der Waals surface area contributed by atoms with Crippen LogP contribution in [0.25, 0.3) is 10.9 Å². The van der Waals surface area contributed by atoms with Gasteiger partial charge in [0.1, 0.15) is 23.8 Å². The summed E-state index contributed by atoms with van der Waals surface area (Å²) < 4.78 is 15.3. The molecule has 0 spiro atoms. The van der Waals surface area contributed by atoms with Crippen molar-refractivity contribution in [2.24, 2.45) is 0 Å². The number of carbonyl (C=O) groups is 1. The number of halogens is 2. The maximum absolute atomic E-state index is 13.4. The zero-order chi connectivity index (χ0) is 21.6. The minimum atomic E-state index is -0.514. The SMILES string of the molecule is O=C(C#CCCn1ccnc1)Nc1cc2c(Nc3ccc(F)c(Cl)c3)ncnc2cn1. The number of anilines is 3. The number of aromatic nitrogens is 5. The topological polar surface area (TPSA) is 97.6 Å². The van der Waals surface area contributed by atoms with Crippen molar-refractivity contribution < 1.29 is 9.18 Å². The average molecular weight is 436 g/mol. The number of aryl methyl sites for hydroxylation is 1. The van der Waals surface area contributed by atoms with Crippen molar-refractivity contribution in [3.05, 3.63) is 66.4 Å². The van der Waals surface area contributed by atoms with Gasteiger partial charge in [0, 0.05) is 36.4 Å². The van der Waals surface area contributed by atoms with Crippen molar-refractivity contribution >= 4 is 45.7 Å². The Morgan fingerprint density at radius 3 is 2.94 bits per heavy atom. The Morgan fingerprint density at radius 1 is 1.23 bits per heavy atom. The number of fused-ring (bicyclic) bond motifs is 1. The number of imidazole rings is 1. The molecule has 10 heteroatoms. The minimum Gasteiger partial charge on any atom is -0.340 e. The molecule has 1 aromatic carbocycles. The monoisotopic (exact) mass is 435 g/mol. The first kappa shape index (κ1) is 20.3. The Hall–Kier alpha value is -4.03. The van der Waals surface area contributed by atoms with Gasteiger partial charge in [-0.3, -0.25) is 10.1 Å². The van der Waals surface area contributed by atoms with Crippen LogP contribution in [0.3, 0.4) is 0 Å². The lowest BCUT2D eigenvalue weighted by atomic mass is 10.2. The van der Waals surface area contributed by atoms with Gasteiger partial charge >= 0.3 is 5.91 Å². The molecule has 0 saturated heterocycles. The molecule has 3 heterocycles. The molecular weight excluding hydrogens is 421 g/mol. The highest BCUT2D eigenvalue weighted by Crippen LogP contribution is 2.26. The van der Waals surface area contributed by atoms with Crippen LogP contribution in [0.2, 0.25) is 5.02 Å². The number of hydrogen-bond acceptors (Lipinski definition) is 6. The molecule has 0 atom stereocenters. The van der Waals surface area contributed by atoms with Crippen LogP contribution in [-0.4, -0.2) is 30.4 Å². The summed E-state index contributed by atoms with van der Waals surface area (Å²) in [6.07, 6.45) is 8.60. The zero-order valence-electron chi connectivity index (χ0n) is 16.0. The first-order chi connectivity index (χ1) is 15.1. The fourth-order valence-electron chi connectivity index (χ4n) is 2.73. The third kappa shape index (κ3) is 5.12. The number of pyridine rings is 1. The van der Waals surface area contributed by atoms with Crippen molar-refractivity contribution in [2.75, 3.05) is 10.6 Å². The van der Waals surface area contributed by atoms with E-state index in [9.17, 15) is 9.18 Å². The number of benzene rings is 1. The molecule has 0 aliphatic carbocycles. The van der Waals surface area contributed by atoms with Crippen LogP contribution in [0.5, 0.6) is 0 Å². The molecule has 0 aliphatic rings. The van der Waals surface area contributed by atoms with E-state index in [-0.39, 0.29) is 5.02 Å². The van der Waals surface area contributed by atoms with E-state index in [0.29, 0.717) is 41.2 Å². The molecule has 2 N–H and O–H groups in total. The van der Waals surface area contributed by atoms with Gasteiger partial charge in [-0.15, -0.1) is 0 Å². The molecule has 8 nitrogen and oxygen atoms in total. The fourth-order valence-corrected chi connectivity index (χ4v) is 2.91. The highest BCUT2D eigenvalue weighted by atomic mass is 35.5. The van der Waals surface area contributed by atoms with Crippen LogP contribution in [0.15, 0.2) is 55.5 Å². The Morgan fingerprint density at radius 2 is 2.13 bits per heavy atom. The van der Waals surface area contributed by atoms with E-state index in [0.717, 1.165) is 0 Å². The van der Waals surface area contributed by atoms with E-state index in [1.54, 1.807) is 24.7 Å². The molecule has 4 rings (SSSR count). The van der Waals surface area contributed by atoms with Gasteiger partial charge in [0.2, 0.25) is 0 Å². The summed E-state index contributed by atoms with van der Waals surface area (Å²) in [5.41, 5.74) is 1.12. The molecule has 0 aliphatic heterocycles. The van der Waals surface area contributed by atoms with E-state index in [2.05, 4.69) is 42.4 Å². The van der Waals surface area contributed by atoms with Gasteiger partial charge < -0.3 is 9.88 Å². The van der Waals surface area contributed by atoms with Crippen LogP contribution >= 0.6 is 11.6 Å². The van der Waals surface area contributed by atoms with Gasteiger partial charge in [0.25, 0.3) is 0 Å². The van der Waals surface area contributed by atoms with E-state index in [1.807, 2.05) is 10.8 Å². The Bertz CT molecular complexity index is 1300. The van der Waals surface area contributed by atoms with E-state index in [4.69, 9.17) is 11.6 Å². The van der Waals surface area contributed by atoms with Gasteiger partial charge in [-0.05, 0) is 30.2 Å². The standard InChI is InChI=1S/C21H15ClFN7O/c22-16-9-14(4-5-17(16)23)28-21-15-10-19(25-11-18(15)26-12-27-21)29-20(31)3-1-2-7-30-8-6-24-13-30/h4-6,8-13H,2,7H2,(H,25,29,31)(H,26,27,28). The number of hydrogen-bond donors (Lipinski definition) is 2. The van der Waals surface area contributed by atoms with Crippen molar-refractivity contribution in [3.63, 3.8) is 0 Å². The lowest BCUT2D eigenvalue weighted by molar-refractivity contribution is -0.111. The van der Waals surface area contributed by atoms with Crippen molar-refractivity contribution in [1.29, 1.82) is 0 Å². The molecule has 0 radical (unpaired) electrons. The quantitative estimate of drug-likeness (QED) is 0.463. The van der Waals surface area contributed by atoms with Gasteiger partial charge in [-0.25, -0.2) is 24.3 Å². The third-order valence-corrected chi connectivity index (χ3v) is 4.49. The lowest BCUT2D eigenvalue weighted by Crippen LogP contribution is -2.10. The summed E-state index contributed by atoms with van der Waals surface area (Å²) in [5.74, 6) is 5.12. The number of nitrogens with zero attached hydrogens (tertiary/aromatic N) is 5. The first-order valence-electron chi connectivity index (χ1n) is 9.17. The second-order valence-electron chi connectivity index (χ2n) is 6.37. The Labute approximate surface area is 181 Å². The zero-order valence-corrected chi connectivity index (χ0v) is 16.8. The summed E-state index contributed by atoms with van der Waals surface area (Å²) in [6, 6.07) is 5.88. The lowest BCUT2D eigenvalue weighted by Gasteiger charge is -2.10. The highest BCUT2D eigenvalue weighted by Gasteiger charge is 2.09. The molecule has 0 bridgehead atoms. The average Bonchev–Trinajstić information content (AvgIpc) is 3.28. The van der Waals surface area contributed by atoms with Crippen LogP contribution in [0.4, 0.5) is 21.7 Å². The number of carbonyl (C=O) groups excluding carboxylic acids is 1. The van der Waals surface area contributed by atoms with E-state index >= 15 is 0 Å². The summed E-state index contributed by atoms with van der Waals surface area (Å²) in [6.45, 7) is 0.647. The van der Waals surface area contributed by atoms with Crippen LogP contribution in [0, 0.1) is 17.7 Å². The van der Waals surface area contributed by atoms with Gasteiger partial charge in [0.05, 0.1) is 23.1 Å². The van der Waals surface area contributed by atoms with E-state index < -0.39 is 11.7 Å². The normalized spacial score (nSPS) is 10.4. The van der Waals surface area contributed by atoms with Crippen LogP contribution in [0.1, 0.15) is 6.42 Å². The summed E-state index contributed by atoms with van der Waals surface area (Å²) >= 11 is 5.84. The molecular formula is C21H15ClFN7O. The van der Waals surface area contributed by atoms with Gasteiger partial charge in [-0.2, -0.15) is 0 Å². The predicted molar refractivity (Wildman–Crippen MR) is 115 cm³/mol. The van der Waals surface area contributed by atoms with Gasteiger partial charge in [-0.1, -0.05) is 17.5 Å². The summed E-state index contributed by atoms with van der Waals surface area (Å²) in [5, 5.41) is 6.31. The highest BCUT2D eigenvalue weighted by molar-refractivity contribution is 6.31. The van der Waals surface area contributed by atoms with Crippen LogP contribution < -0.4 is 10.6 Å². The predicted octanol–water partition coefficient (Wildman–Crippen LogP) is 3.79. The fraction of sp³-hybridized carbons (Fsp3) is 0.0952. The molecule has 0 fully saturated rings. The van der Waals surface area contributed by atoms with Crippen molar-refractivity contribution in [2.45, 2.75) is 13.0 Å². The molecule has 154 valence electrons. The Balaban J connectivity index is 1.48. The van der Waals surface area contributed by atoms with Crippen molar-refractivity contribution in [3.8, 4) is 11.8 Å². The summed E-state index contributed by atoms with van der Waals surface area (Å²) in [4.78, 5) is 28.6. The number of nitrogens with one attached hydrogen (secondary N) is 2.